The van der Waals surface area contributed by atoms with Crippen molar-refractivity contribution in [1.29, 1.82) is 0 Å². The number of likely N-dealkylation sites (tertiary alicyclic amines) is 1. The number of nitrogens with zero attached hydrogens (tertiary/aromatic N) is 1. The van der Waals surface area contributed by atoms with Crippen molar-refractivity contribution in [2.45, 2.75) is 63.8 Å². The van der Waals surface area contributed by atoms with Crippen LogP contribution in [0.2, 0.25) is 0 Å². The highest BCUT2D eigenvalue weighted by Gasteiger charge is 2.36. The summed E-state index contributed by atoms with van der Waals surface area (Å²) < 4.78 is 0. The Labute approximate surface area is 121 Å². The molecule has 1 N–H and O–H groups in total. The smallest absolute Gasteiger partial charge is 0.225 e. The number of nitrogens with one attached hydrogen (secondary N) is 1. The highest BCUT2D eigenvalue weighted by atomic mass is 16.2. The largest absolute Gasteiger partial charge is 0.353 e. The molecule has 2 aliphatic carbocycles. The lowest BCUT2D eigenvalue weighted by Crippen LogP contribution is -2.48. The third-order valence-corrected chi connectivity index (χ3v) is 4.98. The fourth-order valence-electron chi connectivity index (χ4n) is 3.55. The molecule has 20 heavy (non-hydrogen) atoms. The number of amides is 2. The van der Waals surface area contributed by atoms with Gasteiger partial charge in [0.05, 0.1) is 5.92 Å². The van der Waals surface area contributed by atoms with Crippen LogP contribution in [0.5, 0.6) is 0 Å². The minimum Gasteiger partial charge on any atom is -0.353 e. The molecule has 3 rings (SSSR count). The fraction of sp³-hybridized carbons (Fsp3) is 0.875. The molecule has 0 radical (unpaired) electrons. The van der Waals surface area contributed by atoms with Crippen molar-refractivity contribution < 1.29 is 9.59 Å². The van der Waals surface area contributed by atoms with E-state index in [0.29, 0.717) is 18.5 Å². The molecule has 2 amide bonds. The minimum atomic E-state index is 0.0216. The van der Waals surface area contributed by atoms with Crippen molar-refractivity contribution in [1.82, 2.24) is 10.2 Å². The molecule has 4 nitrogen and oxygen atoms in total. The third kappa shape index (κ3) is 3.33. The van der Waals surface area contributed by atoms with Gasteiger partial charge < -0.3 is 10.2 Å². The quantitative estimate of drug-likeness (QED) is 0.859. The van der Waals surface area contributed by atoms with Gasteiger partial charge in [0.2, 0.25) is 11.8 Å². The maximum atomic E-state index is 12.4. The van der Waals surface area contributed by atoms with Crippen LogP contribution < -0.4 is 5.32 Å². The van der Waals surface area contributed by atoms with Crippen LogP contribution in [0.1, 0.15) is 57.8 Å². The fourth-order valence-corrected chi connectivity index (χ4v) is 3.55. The molecular formula is C16H26N2O2. The van der Waals surface area contributed by atoms with E-state index in [1.807, 2.05) is 4.90 Å². The lowest BCUT2D eigenvalue weighted by atomic mass is 9.93. The molecule has 4 heteroatoms. The summed E-state index contributed by atoms with van der Waals surface area (Å²) in [6, 6.07) is 0.380. The van der Waals surface area contributed by atoms with Crippen molar-refractivity contribution in [3.63, 3.8) is 0 Å². The predicted octanol–water partition coefficient (Wildman–Crippen LogP) is 2.08. The summed E-state index contributed by atoms with van der Waals surface area (Å²) >= 11 is 0. The van der Waals surface area contributed by atoms with Gasteiger partial charge in [-0.25, -0.2) is 0 Å². The van der Waals surface area contributed by atoms with Crippen molar-refractivity contribution >= 4 is 11.8 Å². The minimum absolute atomic E-state index is 0.0216. The SMILES string of the molecule is O=C(NC1CCCCC1)[C@@H]1CCCN(C(=O)C2CC2)C1. The Kier molecular flexibility index (Phi) is 4.27. The Balaban J connectivity index is 1.50. The molecule has 1 heterocycles. The number of carbonyl (C=O) groups excluding carboxylic acids is 2. The van der Waals surface area contributed by atoms with E-state index in [2.05, 4.69) is 5.32 Å². The maximum Gasteiger partial charge on any atom is 0.225 e. The first-order chi connectivity index (χ1) is 9.74. The van der Waals surface area contributed by atoms with Gasteiger partial charge in [-0.3, -0.25) is 9.59 Å². The summed E-state index contributed by atoms with van der Waals surface area (Å²) in [5.74, 6) is 0.772. The second kappa shape index (κ2) is 6.15. The molecule has 2 saturated carbocycles. The number of carbonyl (C=O) groups is 2. The van der Waals surface area contributed by atoms with E-state index in [4.69, 9.17) is 0 Å². The van der Waals surface area contributed by atoms with Gasteiger partial charge in [-0.05, 0) is 38.5 Å². The van der Waals surface area contributed by atoms with Crippen molar-refractivity contribution in [2.75, 3.05) is 13.1 Å². The zero-order chi connectivity index (χ0) is 13.9. The Hall–Kier alpha value is -1.06. The monoisotopic (exact) mass is 278 g/mol. The molecule has 1 aliphatic heterocycles. The van der Waals surface area contributed by atoms with E-state index in [1.54, 1.807) is 0 Å². The molecule has 1 atom stereocenters. The van der Waals surface area contributed by atoms with E-state index < -0.39 is 0 Å². The summed E-state index contributed by atoms with van der Waals surface area (Å²) in [5, 5.41) is 3.22. The molecular weight excluding hydrogens is 252 g/mol. The van der Waals surface area contributed by atoms with Crippen LogP contribution >= 0.6 is 0 Å². The number of piperidine rings is 1. The molecule has 1 saturated heterocycles. The van der Waals surface area contributed by atoms with Crippen LogP contribution in [0.25, 0.3) is 0 Å². The summed E-state index contributed by atoms with van der Waals surface area (Å²) in [6.07, 6.45) is 10.0. The normalized spacial score (nSPS) is 28.2. The van der Waals surface area contributed by atoms with Gasteiger partial charge in [0.1, 0.15) is 0 Å². The average Bonchev–Trinajstić information content (AvgIpc) is 3.32. The molecule has 0 bridgehead atoms. The van der Waals surface area contributed by atoms with Crippen molar-refractivity contribution in [2.24, 2.45) is 11.8 Å². The third-order valence-electron chi connectivity index (χ3n) is 4.98. The summed E-state index contributed by atoms with van der Waals surface area (Å²) in [6.45, 7) is 1.50. The van der Waals surface area contributed by atoms with Crippen LogP contribution in [0.3, 0.4) is 0 Å². The average molecular weight is 278 g/mol. The van der Waals surface area contributed by atoms with Crippen LogP contribution in [0, 0.1) is 11.8 Å². The van der Waals surface area contributed by atoms with E-state index in [-0.39, 0.29) is 17.7 Å². The Morgan fingerprint density at radius 3 is 2.30 bits per heavy atom. The highest BCUT2D eigenvalue weighted by Crippen LogP contribution is 2.32. The van der Waals surface area contributed by atoms with Gasteiger partial charge in [-0.15, -0.1) is 0 Å². The number of hydrogen-bond acceptors (Lipinski definition) is 2. The highest BCUT2D eigenvalue weighted by molar-refractivity contribution is 5.83. The van der Waals surface area contributed by atoms with Gasteiger partial charge >= 0.3 is 0 Å². The summed E-state index contributed by atoms with van der Waals surface area (Å²) in [7, 11) is 0. The van der Waals surface area contributed by atoms with Crippen LogP contribution in [0.15, 0.2) is 0 Å². The molecule has 3 aliphatic rings. The van der Waals surface area contributed by atoms with Crippen LogP contribution in [0.4, 0.5) is 0 Å². The predicted molar refractivity (Wildman–Crippen MR) is 77.0 cm³/mol. The Morgan fingerprint density at radius 2 is 1.60 bits per heavy atom. The topological polar surface area (TPSA) is 49.4 Å². The Bertz CT molecular complexity index is 373. The molecule has 0 aromatic heterocycles. The molecule has 0 unspecified atom stereocenters. The van der Waals surface area contributed by atoms with Gasteiger partial charge in [-0.1, -0.05) is 19.3 Å². The molecule has 0 spiro atoms. The van der Waals surface area contributed by atoms with Crippen molar-refractivity contribution in [3.05, 3.63) is 0 Å². The van der Waals surface area contributed by atoms with E-state index in [0.717, 1.165) is 45.1 Å². The van der Waals surface area contributed by atoms with E-state index in [1.165, 1.54) is 19.3 Å². The molecule has 3 fully saturated rings. The van der Waals surface area contributed by atoms with Crippen LogP contribution in [-0.4, -0.2) is 35.8 Å². The Morgan fingerprint density at radius 1 is 0.850 bits per heavy atom. The molecule has 0 aromatic carbocycles. The zero-order valence-electron chi connectivity index (χ0n) is 12.3. The van der Waals surface area contributed by atoms with Gasteiger partial charge in [0.25, 0.3) is 0 Å². The second-order valence-electron chi connectivity index (χ2n) is 6.74. The summed E-state index contributed by atoms with van der Waals surface area (Å²) in [5.41, 5.74) is 0. The summed E-state index contributed by atoms with van der Waals surface area (Å²) in [4.78, 5) is 26.4. The first kappa shape index (κ1) is 13.9. The van der Waals surface area contributed by atoms with Gasteiger partial charge in [0, 0.05) is 25.0 Å². The van der Waals surface area contributed by atoms with Gasteiger partial charge in [0.15, 0.2) is 0 Å². The standard InChI is InChI=1S/C16H26N2O2/c19-15(17-14-6-2-1-3-7-14)13-5-4-10-18(11-13)16(20)12-8-9-12/h12-14H,1-11H2,(H,17,19)/t13-/m1/s1. The molecule has 0 aromatic rings. The lowest BCUT2D eigenvalue weighted by molar-refractivity contribution is -0.137. The first-order valence-corrected chi connectivity index (χ1v) is 8.33. The van der Waals surface area contributed by atoms with Gasteiger partial charge in [-0.2, -0.15) is 0 Å². The van der Waals surface area contributed by atoms with Crippen LogP contribution in [-0.2, 0) is 9.59 Å². The second-order valence-corrected chi connectivity index (χ2v) is 6.74. The maximum absolute atomic E-state index is 12.4. The lowest BCUT2D eigenvalue weighted by Gasteiger charge is -2.33. The van der Waals surface area contributed by atoms with Crippen molar-refractivity contribution in [3.8, 4) is 0 Å². The zero-order valence-corrected chi connectivity index (χ0v) is 12.3. The number of rotatable bonds is 3. The molecule has 112 valence electrons. The van der Waals surface area contributed by atoms with E-state index in [9.17, 15) is 9.59 Å². The van der Waals surface area contributed by atoms with E-state index >= 15 is 0 Å². The number of hydrogen-bond donors (Lipinski definition) is 1. The first-order valence-electron chi connectivity index (χ1n) is 8.33.